The van der Waals surface area contributed by atoms with E-state index >= 15 is 35.1 Å². The van der Waals surface area contributed by atoms with Gasteiger partial charge in [-0.15, -0.1) is 0 Å². The van der Waals surface area contributed by atoms with Crippen LogP contribution >= 0.6 is 0 Å². The molecule has 2 atom stereocenters. The Bertz CT molecular complexity index is 1270. The van der Waals surface area contributed by atoms with Gasteiger partial charge in [0.25, 0.3) is 0 Å². The highest BCUT2D eigenvalue weighted by atomic mass is 19.3. The monoisotopic (exact) mass is 478 g/mol. The summed E-state index contributed by atoms with van der Waals surface area (Å²) >= 11 is 0. The van der Waals surface area contributed by atoms with Crippen LogP contribution in [0.5, 0.6) is 0 Å². The molecule has 0 saturated heterocycles. The average molecular weight is 478 g/mol. The fourth-order valence-corrected chi connectivity index (χ4v) is 5.45. The van der Waals surface area contributed by atoms with Crippen LogP contribution in [-0.2, 0) is 23.7 Å². The lowest BCUT2D eigenvalue weighted by atomic mass is 9.63. The molecule has 0 aliphatic heterocycles. The zero-order chi connectivity index (χ0) is 24.3. The summed E-state index contributed by atoms with van der Waals surface area (Å²) in [6.07, 6.45) is 2.96. The Morgan fingerprint density at radius 3 is 1.15 bits per heavy atom. The van der Waals surface area contributed by atoms with E-state index in [9.17, 15) is 0 Å². The molecule has 0 heterocycles. The average Bonchev–Trinajstić information content (AvgIpc) is 2.82. The quantitative estimate of drug-likeness (QED) is 0.228. The maximum atomic E-state index is 15.6. The first kappa shape index (κ1) is 21.4. The number of hydrogen-bond donors (Lipinski definition) is 0. The van der Waals surface area contributed by atoms with Crippen LogP contribution in [0.1, 0.15) is 56.3 Å². The molecule has 174 valence electrons. The van der Waals surface area contributed by atoms with E-state index in [-0.39, 0.29) is 0 Å². The van der Waals surface area contributed by atoms with Crippen molar-refractivity contribution in [3.63, 3.8) is 0 Å². The van der Waals surface area contributed by atoms with Crippen LogP contribution in [0.25, 0.3) is 0 Å². The molecule has 7 aliphatic rings. The van der Waals surface area contributed by atoms with Crippen molar-refractivity contribution in [2.45, 2.75) is 35.5 Å². The van der Waals surface area contributed by atoms with Gasteiger partial charge in [0.15, 0.2) is 0 Å². The third-order valence-corrected chi connectivity index (χ3v) is 7.15. The summed E-state index contributed by atoms with van der Waals surface area (Å²) in [6, 6.07) is 8.76. The Balaban J connectivity index is 1.77. The molecule has 3 aromatic rings. The molecular formula is C26H14F8. The summed E-state index contributed by atoms with van der Waals surface area (Å²) in [4.78, 5) is 0. The van der Waals surface area contributed by atoms with Crippen molar-refractivity contribution in [1.29, 1.82) is 0 Å². The Labute approximate surface area is 188 Å². The molecule has 3 aromatic carbocycles. The van der Waals surface area contributed by atoms with Crippen LogP contribution in [0.3, 0.4) is 0 Å². The van der Waals surface area contributed by atoms with Gasteiger partial charge in [-0.1, -0.05) is 72.8 Å². The zero-order valence-corrected chi connectivity index (χ0v) is 17.1. The maximum absolute atomic E-state index is 15.6. The summed E-state index contributed by atoms with van der Waals surface area (Å²) in [5, 5.41) is 0. The van der Waals surface area contributed by atoms with Crippen molar-refractivity contribution >= 4 is 0 Å². The van der Waals surface area contributed by atoms with Crippen LogP contribution in [0.2, 0.25) is 0 Å². The van der Waals surface area contributed by atoms with Crippen molar-refractivity contribution in [3.05, 3.63) is 117 Å². The first-order valence-electron chi connectivity index (χ1n) is 10.5. The summed E-state index contributed by atoms with van der Waals surface area (Å²) < 4.78 is 123. The van der Waals surface area contributed by atoms with Gasteiger partial charge >= 0.3 is 23.7 Å². The molecule has 0 nitrogen and oxygen atoms in total. The van der Waals surface area contributed by atoms with Crippen molar-refractivity contribution < 1.29 is 35.1 Å². The van der Waals surface area contributed by atoms with Gasteiger partial charge in [0.1, 0.15) is 0 Å². The highest BCUT2D eigenvalue weighted by Crippen LogP contribution is 2.61. The normalized spacial score (nSPS) is 25.9. The minimum absolute atomic E-state index is 0.356. The van der Waals surface area contributed by atoms with Crippen molar-refractivity contribution in [2.75, 3.05) is 0 Å². The van der Waals surface area contributed by atoms with Crippen molar-refractivity contribution in [3.8, 4) is 0 Å². The molecule has 7 aliphatic carbocycles. The van der Waals surface area contributed by atoms with Crippen LogP contribution in [-0.4, -0.2) is 0 Å². The highest BCUT2D eigenvalue weighted by Gasteiger charge is 2.64. The Morgan fingerprint density at radius 2 is 0.794 bits per heavy atom. The second-order valence-electron chi connectivity index (χ2n) is 8.83. The minimum atomic E-state index is -4.80. The van der Waals surface area contributed by atoms with E-state index in [1.54, 1.807) is 24.3 Å². The lowest BCUT2D eigenvalue weighted by Crippen LogP contribution is -2.42. The van der Waals surface area contributed by atoms with Gasteiger partial charge in [0.05, 0.1) is 0 Å². The zero-order valence-electron chi connectivity index (χ0n) is 17.1. The molecule has 0 saturated carbocycles. The predicted molar refractivity (Wildman–Crippen MR) is 108 cm³/mol. The van der Waals surface area contributed by atoms with Gasteiger partial charge < -0.3 is 0 Å². The molecular weight excluding hydrogens is 464 g/mol. The van der Waals surface area contributed by atoms with E-state index in [0.29, 0.717) is 47.5 Å². The van der Waals surface area contributed by atoms with E-state index in [1.807, 2.05) is 0 Å². The highest BCUT2D eigenvalue weighted by molar-refractivity contribution is 5.66. The van der Waals surface area contributed by atoms with Crippen LogP contribution in [0, 0.1) is 0 Å². The number of hydrogen-bond acceptors (Lipinski definition) is 0. The fraction of sp³-hybridized carbons (Fsp3) is 0.231. The summed E-state index contributed by atoms with van der Waals surface area (Å²) in [5.74, 6) is -21.3. The molecule has 8 heteroatoms. The van der Waals surface area contributed by atoms with Crippen LogP contribution < -0.4 is 0 Å². The number of allylic oxidation sites excluding steroid dienone is 2. The standard InChI is InChI=1S/C26H14F8/c27-23(28)13-5-7-14(8-6-13)24(29,30)26(33,34)20-12-11-19(25(23,31)32)21-17-9-10-18(22(20)21)16-4-2-1-3-15(16)17/h1-12,17-18H. The van der Waals surface area contributed by atoms with E-state index < -0.39 is 68.9 Å². The Hall–Kier alpha value is -3.16. The maximum Gasteiger partial charge on any atom is 0.340 e. The van der Waals surface area contributed by atoms with E-state index in [1.165, 1.54) is 12.2 Å². The smallest absolute Gasteiger partial charge is 0.194 e. The summed E-state index contributed by atoms with van der Waals surface area (Å²) in [6.45, 7) is 0. The number of benzene rings is 3. The van der Waals surface area contributed by atoms with Gasteiger partial charge in [-0.05, 0) is 22.3 Å². The van der Waals surface area contributed by atoms with Gasteiger partial charge in [0, 0.05) is 34.1 Å². The van der Waals surface area contributed by atoms with E-state index in [0.717, 1.165) is 0 Å². The number of alkyl halides is 8. The Morgan fingerprint density at radius 1 is 0.441 bits per heavy atom. The van der Waals surface area contributed by atoms with E-state index in [2.05, 4.69) is 0 Å². The molecule has 0 aromatic heterocycles. The molecule has 34 heavy (non-hydrogen) atoms. The van der Waals surface area contributed by atoms with Crippen molar-refractivity contribution in [1.82, 2.24) is 0 Å². The number of rotatable bonds is 0. The molecule has 0 spiro atoms. The van der Waals surface area contributed by atoms with Crippen LogP contribution in [0.4, 0.5) is 35.1 Å². The second-order valence-corrected chi connectivity index (χ2v) is 8.83. The predicted octanol–water partition coefficient (Wildman–Crippen LogP) is 7.91. The largest absolute Gasteiger partial charge is 0.340 e. The van der Waals surface area contributed by atoms with Crippen LogP contribution in [0.15, 0.2) is 72.8 Å². The van der Waals surface area contributed by atoms with Gasteiger partial charge in [-0.2, -0.15) is 35.1 Å². The topological polar surface area (TPSA) is 0 Å². The lowest BCUT2D eigenvalue weighted by Gasteiger charge is -2.42. The third-order valence-electron chi connectivity index (χ3n) is 7.15. The van der Waals surface area contributed by atoms with Gasteiger partial charge in [0.2, 0.25) is 0 Å². The molecule has 10 rings (SSSR count). The molecule has 0 N–H and O–H groups in total. The van der Waals surface area contributed by atoms with Gasteiger partial charge in [-0.3, -0.25) is 0 Å². The second kappa shape index (κ2) is 6.29. The van der Waals surface area contributed by atoms with Gasteiger partial charge in [-0.25, -0.2) is 0 Å². The number of halogens is 8. The molecule has 6 bridgehead atoms. The Kier molecular flexibility index (Phi) is 3.95. The molecule has 0 fully saturated rings. The van der Waals surface area contributed by atoms with Crippen molar-refractivity contribution in [2.24, 2.45) is 0 Å². The molecule has 0 radical (unpaired) electrons. The minimum Gasteiger partial charge on any atom is -0.194 e. The first-order chi connectivity index (χ1) is 15.9. The molecule has 0 amide bonds. The lowest BCUT2D eigenvalue weighted by molar-refractivity contribution is -0.228. The third kappa shape index (κ3) is 2.34. The summed E-state index contributed by atoms with van der Waals surface area (Å²) in [5.41, 5.74) is -4.71. The first-order valence-corrected chi connectivity index (χ1v) is 10.5. The molecule has 2 unspecified atom stereocenters. The van der Waals surface area contributed by atoms with E-state index in [4.69, 9.17) is 0 Å². The summed E-state index contributed by atoms with van der Waals surface area (Å²) in [7, 11) is 0. The fourth-order valence-electron chi connectivity index (χ4n) is 5.45. The SMILES string of the molecule is FC1(F)c2ccc(cc2)C(F)(F)C(F)(F)c2ccc(c3c2C2C=CC3c3ccccc32)C1(F)F.